The first-order valence-corrected chi connectivity index (χ1v) is 11.5. The Bertz CT molecular complexity index is 723. The van der Waals surface area contributed by atoms with Gasteiger partial charge < -0.3 is 0 Å². The molecule has 2 unspecified atom stereocenters. The number of hydrogen-bond donors (Lipinski definition) is 0. The van der Waals surface area contributed by atoms with E-state index in [1.807, 2.05) is 0 Å². The summed E-state index contributed by atoms with van der Waals surface area (Å²) in [5.41, 5.74) is 2.16. The smallest absolute Gasteiger partial charge is 0.139 e. The highest BCUT2D eigenvalue weighted by Gasteiger charge is 2.64. The molecule has 0 amide bonds. The van der Waals surface area contributed by atoms with Gasteiger partial charge in [0.05, 0.1) is 0 Å². The van der Waals surface area contributed by atoms with Gasteiger partial charge in [-0.05, 0) is 79.1 Å². The van der Waals surface area contributed by atoms with Crippen LogP contribution in [0, 0.1) is 28.6 Å². The molecule has 0 spiro atoms. The molecule has 1 nitrogen and oxygen atoms in total. The Morgan fingerprint density at radius 2 is 1.85 bits per heavy atom. The lowest BCUT2D eigenvalue weighted by atomic mass is 9.38. The third-order valence-electron chi connectivity index (χ3n) is 8.84. The molecular weight excluding hydrogens is 328 g/mol. The predicted octanol–water partition coefficient (Wildman–Crippen LogP) is 6.70. The molecule has 0 aromatic heterocycles. The molecule has 1 aromatic rings. The van der Waals surface area contributed by atoms with Gasteiger partial charge in [0.25, 0.3) is 0 Å². The molecular formula is C26H36O. The molecule has 5 saturated carbocycles. The van der Waals surface area contributed by atoms with E-state index < -0.39 is 0 Å². The third kappa shape index (κ3) is 3.00. The maximum Gasteiger partial charge on any atom is 0.139 e. The fourth-order valence-electron chi connectivity index (χ4n) is 8.57. The second-order valence-corrected chi connectivity index (χ2v) is 11.5. The highest BCUT2D eigenvalue weighted by atomic mass is 16.1. The summed E-state index contributed by atoms with van der Waals surface area (Å²) in [7, 11) is 0. The SMILES string of the molecule is C[C@@H]1CCC[C@H](CC(=O)C23CC4C[C@@](C)(C2)C[C@](c2ccccc2)(C4)C3)C1. The Hall–Kier alpha value is -1.11. The Morgan fingerprint density at radius 3 is 2.59 bits per heavy atom. The molecule has 4 bridgehead atoms. The second kappa shape index (κ2) is 6.19. The van der Waals surface area contributed by atoms with E-state index in [9.17, 15) is 4.79 Å². The first kappa shape index (κ1) is 18.0. The third-order valence-corrected chi connectivity index (χ3v) is 8.84. The molecule has 0 N–H and O–H groups in total. The van der Waals surface area contributed by atoms with Crippen LogP contribution in [0.1, 0.15) is 90.0 Å². The Labute approximate surface area is 165 Å². The number of carbonyl (C=O) groups is 1. The fraction of sp³-hybridized carbons (Fsp3) is 0.731. The molecule has 1 heteroatoms. The zero-order chi connectivity index (χ0) is 18.7. The molecule has 1 aromatic carbocycles. The monoisotopic (exact) mass is 364 g/mol. The summed E-state index contributed by atoms with van der Waals surface area (Å²) in [5.74, 6) is 2.90. The van der Waals surface area contributed by atoms with Crippen LogP contribution in [0.5, 0.6) is 0 Å². The topological polar surface area (TPSA) is 17.1 Å². The van der Waals surface area contributed by atoms with Crippen molar-refractivity contribution in [1.29, 1.82) is 0 Å². The number of rotatable bonds is 4. The Morgan fingerprint density at radius 1 is 1.04 bits per heavy atom. The van der Waals surface area contributed by atoms with Crippen molar-refractivity contribution in [3.05, 3.63) is 35.9 Å². The lowest BCUT2D eigenvalue weighted by molar-refractivity contribution is -0.159. The summed E-state index contributed by atoms with van der Waals surface area (Å²) in [5, 5.41) is 0. The van der Waals surface area contributed by atoms with Crippen LogP contribution in [0.25, 0.3) is 0 Å². The molecule has 5 aliphatic rings. The molecule has 27 heavy (non-hydrogen) atoms. The predicted molar refractivity (Wildman–Crippen MR) is 111 cm³/mol. The molecule has 146 valence electrons. The van der Waals surface area contributed by atoms with Crippen LogP contribution in [-0.2, 0) is 10.2 Å². The van der Waals surface area contributed by atoms with Gasteiger partial charge in [0.1, 0.15) is 5.78 Å². The Kier molecular flexibility index (Phi) is 4.12. The summed E-state index contributed by atoms with van der Waals surface area (Å²) in [4.78, 5) is 13.8. The number of benzene rings is 1. The quantitative estimate of drug-likeness (QED) is 0.581. The Balaban J connectivity index is 1.45. The normalized spacial score (nSPS) is 45.8. The van der Waals surface area contributed by atoms with Crippen molar-refractivity contribution in [3.8, 4) is 0 Å². The molecule has 6 atom stereocenters. The fourth-order valence-corrected chi connectivity index (χ4v) is 8.57. The summed E-state index contributed by atoms with van der Waals surface area (Å²) in [6.07, 6.45) is 13.6. The van der Waals surface area contributed by atoms with Gasteiger partial charge in [-0.2, -0.15) is 0 Å². The van der Waals surface area contributed by atoms with Crippen LogP contribution < -0.4 is 0 Å². The van der Waals surface area contributed by atoms with Crippen molar-refractivity contribution < 1.29 is 4.79 Å². The number of carbonyl (C=O) groups excluding carboxylic acids is 1. The molecule has 0 radical (unpaired) electrons. The first-order valence-electron chi connectivity index (χ1n) is 11.5. The van der Waals surface area contributed by atoms with Gasteiger partial charge >= 0.3 is 0 Å². The largest absolute Gasteiger partial charge is 0.299 e. The summed E-state index contributed by atoms with van der Waals surface area (Å²) in [6.45, 7) is 4.88. The van der Waals surface area contributed by atoms with Gasteiger partial charge in [-0.25, -0.2) is 0 Å². The van der Waals surface area contributed by atoms with Gasteiger partial charge in [-0.1, -0.05) is 63.4 Å². The van der Waals surface area contributed by atoms with E-state index in [4.69, 9.17) is 0 Å². The van der Waals surface area contributed by atoms with Crippen LogP contribution in [0.15, 0.2) is 30.3 Å². The minimum atomic E-state index is -0.00923. The molecule has 5 fully saturated rings. The maximum atomic E-state index is 13.8. The molecule has 6 rings (SSSR count). The number of ketones is 1. The lowest BCUT2D eigenvalue weighted by Crippen LogP contribution is -2.60. The van der Waals surface area contributed by atoms with Gasteiger partial charge in [0, 0.05) is 11.8 Å². The highest BCUT2D eigenvalue weighted by Crippen LogP contribution is 2.70. The zero-order valence-corrected chi connectivity index (χ0v) is 17.3. The van der Waals surface area contributed by atoms with Crippen molar-refractivity contribution in [2.45, 2.75) is 89.9 Å². The summed E-state index contributed by atoms with van der Waals surface area (Å²) in [6, 6.07) is 11.2. The van der Waals surface area contributed by atoms with Gasteiger partial charge in [0.2, 0.25) is 0 Å². The van der Waals surface area contributed by atoms with Crippen LogP contribution in [0.2, 0.25) is 0 Å². The second-order valence-electron chi connectivity index (χ2n) is 11.5. The van der Waals surface area contributed by atoms with E-state index >= 15 is 0 Å². The van der Waals surface area contributed by atoms with Crippen molar-refractivity contribution in [2.24, 2.45) is 28.6 Å². The van der Waals surface area contributed by atoms with Gasteiger partial charge in [-0.15, -0.1) is 0 Å². The summed E-state index contributed by atoms with van der Waals surface area (Å²) >= 11 is 0. The minimum Gasteiger partial charge on any atom is -0.299 e. The van der Waals surface area contributed by atoms with Crippen molar-refractivity contribution in [2.75, 3.05) is 0 Å². The van der Waals surface area contributed by atoms with Crippen LogP contribution in [0.3, 0.4) is 0 Å². The average Bonchev–Trinajstić information content (AvgIpc) is 2.60. The van der Waals surface area contributed by atoms with Gasteiger partial charge in [-0.3, -0.25) is 4.79 Å². The number of Topliss-reactive ketones (excluding diaryl/α,β-unsaturated/α-hetero) is 1. The first-order chi connectivity index (χ1) is 12.9. The van der Waals surface area contributed by atoms with E-state index in [0.717, 1.165) is 24.7 Å². The van der Waals surface area contributed by atoms with E-state index in [1.54, 1.807) is 0 Å². The lowest BCUT2D eigenvalue weighted by Gasteiger charge is -2.66. The molecule has 5 aliphatic carbocycles. The van der Waals surface area contributed by atoms with Crippen molar-refractivity contribution >= 4 is 5.78 Å². The van der Waals surface area contributed by atoms with Crippen LogP contribution in [0.4, 0.5) is 0 Å². The molecule has 0 saturated heterocycles. The average molecular weight is 365 g/mol. The van der Waals surface area contributed by atoms with Crippen molar-refractivity contribution in [3.63, 3.8) is 0 Å². The van der Waals surface area contributed by atoms with E-state index in [0.29, 0.717) is 17.1 Å². The molecule has 0 aliphatic heterocycles. The minimum absolute atomic E-state index is 0.00923. The van der Waals surface area contributed by atoms with Crippen LogP contribution in [-0.4, -0.2) is 5.78 Å². The highest BCUT2D eigenvalue weighted by molar-refractivity contribution is 5.86. The molecule has 0 heterocycles. The standard InChI is InChI=1S/C26H36O/c1-19-7-6-8-20(11-19)12-23(27)26-15-21-13-24(2,17-26)16-25(14-21,18-26)22-9-4-3-5-10-22/h3-5,9-10,19-21H,6-8,11-18H2,1-2H3/t19-,20+,21?,24-,25-,26?/m1/s1. The zero-order valence-electron chi connectivity index (χ0n) is 17.3. The number of hydrogen-bond acceptors (Lipinski definition) is 1. The van der Waals surface area contributed by atoms with Crippen LogP contribution >= 0.6 is 0 Å². The maximum absolute atomic E-state index is 13.8. The van der Waals surface area contributed by atoms with Gasteiger partial charge in [0.15, 0.2) is 0 Å². The van der Waals surface area contributed by atoms with E-state index in [2.05, 4.69) is 44.2 Å². The van der Waals surface area contributed by atoms with E-state index in [1.165, 1.54) is 63.4 Å². The summed E-state index contributed by atoms with van der Waals surface area (Å²) < 4.78 is 0. The van der Waals surface area contributed by atoms with E-state index in [-0.39, 0.29) is 10.8 Å². The van der Waals surface area contributed by atoms with Crippen molar-refractivity contribution in [1.82, 2.24) is 0 Å².